The fraction of sp³-hybridized carbons (Fsp3) is 0.0526. The number of rotatable bonds is 4. The van der Waals surface area contributed by atoms with Crippen LogP contribution < -0.4 is 10.6 Å². The summed E-state index contributed by atoms with van der Waals surface area (Å²) in [7, 11) is 0. The average molecular weight is 435 g/mol. The molecule has 3 rings (SSSR count). The van der Waals surface area contributed by atoms with E-state index in [1.807, 2.05) is 0 Å². The first-order chi connectivity index (χ1) is 14.1. The maximum absolute atomic E-state index is 12.8. The van der Waals surface area contributed by atoms with Crippen molar-refractivity contribution in [1.82, 2.24) is 5.32 Å². The van der Waals surface area contributed by atoms with E-state index in [-0.39, 0.29) is 28.0 Å². The highest BCUT2D eigenvalue weighted by atomic mass is 32.1. The normalized spacial score (nSPS) is 11.0. The standard InChI is InChI=1S/C19H12F3N3O4S/c20-19(21,22)12-4-2-5-13(10-12)23-18(30)24-17(26)16-8-7-15(29-16)11-3-1-6-14(9-11)25(27)28/h1-10H,(H2,23,24,26,30). The SMILES string of the molecule is O=C(NC(=S)Nc1cccc(C(F)(F)F)c1)c1ccc(-c2cccc([N+](=O)[O-])c2)o1. The van der Waals surface area contributed by atoms with Gasteiger partial charge in [-0.3, -0.25) is 20.2 Å². The van der Waals surface area contributed by atoms with Gasteiger partial charge in [0.05, 0.1) is 10.5 Å². The number of hydrogen-bond acceptors (Lipinski definition) is 5. The molecule has 3 aromatic rings. The van der Waals surface area contributed by atoms with Crippen LogP contribution in [0.15, 0.2) is 65.1 Å². The van der Waals surface area contributed by atoms with Crippen LogP contribution in [0.2, 0.25) is 0 Å². The number of hydrogen-bond donors (Lipinski definition) is 2. The van der Waals surface area contributed by atoms with Gasteiger partial charge < -0.3 is 9.73 Å². The molecule has 1 aromatic heterocycles. The van der Waals surface area contributed by atoms with Crippen LogP contribution in [-0.4, -0.2) is 15.9 Å². The first kappa shape index (κ1) is 21.0. The summed E-state index contributed by atoms with van der Waals surface area (Å²) in [6, 6.07) is 12.8. The summed E-state index contributed by atoms with van der Waals surface area (Å²) in [5.74, 6) is -0.651. The number of amides is 1. The Hall–Kier alpha value is -3.73. The number of halogens is 3. The van der Waals surface area contributed by atoms with Crippen LogP contribution in [0.25, 0.3) is 11.3 Å². The van der Waals surface area contributed by atoms with Crippen molar-refractivity contribution in [2.75, 3.05) is 5.32 Å². The summed E-state index contributed by atoms with van der Waals surface area (Å²) < 4.78 is 43.7. The molecule has 2 aromatic carbocycles. The summed E-state index contributed by atoms with van der Waals surface area (Å²) >= 11 is 4.95. The minimum atomic E-state index is -4.51. The fourth-order valence-corrected chi connectivity index (χ4v) is 2.70. The Labute approximate surface area is 172 Å². The van der Waals surface area contributed by atoms with Gasteiger partial charge in [0.25, 0.3) is 11.6 Å². The Balaban J connectivity index is 1.68. The highest BCUT2D eigenvalue weighted by Crippen LogP contribution is 2.30. The lowest BCUT2D eigenvalue weighted by Crippen LogP contribution is -2.33. The number of anilines is 1. The largest absolute Gasteiger partial charge is 0.451 e. The number of nitro benzene ring substituents is 1. The lowest BCUT2D eigenvalue weighted by Gasteiger charge is -2.11. The van der Waals surface area contributed by atoms with Crippen molar-refractivity contribution in [2.24, 2.45) is 0 Å². The van der Waals surface area contributed by atoms with Crippen molar-refractivity contribution in [3.8, 4) is 11.3 Å². The van der Waals surface area contributed by atoms with Crippen LogP contribution in [-0.2, 0) is 6.18 Å². The Morgan fingerprint density at radius 2 is 1.80 bits per heavy atom. The maximum atomic E-state index is 12.8. The molecule has 0 spiro atoms. The van der Waals surface area contributed by atoms with Crippen LogP contribution >= 0.6 is 12.2 Å². The number of carbonyl (C=O) groups excluding carboxylic acids is 1. The number of nitrogens with one attached hydrogen (secondary N) is 2. The van der Waals surface area contributed by atoms with Crippen molar-refractivity contribution in [3.63, 3.8) is 0 Å². The van der Waals surface area contributed by atoms with Gasteiger partial charge in [-0.1, -0.05) is 18.2 Å². The van der Waals surface area contributed by atoms with Crippen LogP contribution in [0.1, 0.15) is 16.1 Å². The van der Waals surface area contributed by atoms with Gasteiger partial charge in [0.15, 0.2) is 10.9 Å². The molecule has 0 saturated heterocycles. The number of benzene rings is 2. The van der Waals surface area contributed by atoms with Crippen LogP contribution in [0, 0.1) is 10.1 Å². The zero-order valence-corrected chi connectivity index (χ0v) is 15.7. The van der Waals surface area contributed by atoms with Gasteiger partial charge in [-0.25, -0.2) is 0 Å². The van der Waals surface area contributed by atoms with Gasteiger partial charge >= 0.3 is 6.18 Å². The quantitative estimate of drug-likeness (QED) is 0.340. The molecule has 0 aliphatic heterocycles. The van der Waals surface area contributed by atoms with E-state index in [4.69, 9.17) is 16.6 Å². The number of nitro groups is 1. The summed E-state index contributed by atoms with van der Waals surface area (Å²) in [5, 5.41) is 15.4. The number of non-ortho nitro benzene ring substituents is 1. The minimum absolute atomic E-state index is 0.0480. The first-order valence-electron chi connectivity index (χ1n) is 8.28. The second kappa shape index (κ2) is 8.33. The fourth-order valence-electron chi connectivity index (χ4n) is 2.49. The molecule has 0 aliphatic carbocycles. The third kappa shape index (κ3) is 5.00. The zero-order valence-electron chi connectivity index (χ0n) is 14.9. The topological polar surface area (TPSA) is 97.4 Å². The van der Waals surface area contributed by atoms with E-state index < -0.39 is 22.6 Å². The van der Waals surface area contributed by atoms with Crippen molar-refractivity contribution in [3.05, 3.63) is 82.1 Å². The lowest BCUT2D eigenvalue weighted by atomic mass is 10.1. The third-order valence-corrected chi connectivity index (χ3v) is 4.05. The number of furan rings is 1. The number of nitrogens with zero attached hydrogens (tertiary/aromatic N) is 1. The van der Waals surface area contributed by atoms with Gasteiger partial charge in [-0.2, -0.15) is 13.2 Å². The molecular weight excluding hydrogens is 423 g/mol. The highest BCUT2D eigenvalue weighted by Gasteiger charge is 2.30. The number of thiocarbonyl (C=S) groups is 1. The van der Waals surface area contributed by atoms with Gasteiger partial charge in [0, 0.05) is 23.4 Å². The number of carbonyl (C=O) groups is 1. The Morgan fingerprint density at radius 3 is 2.50 bits per heavy atom. The van der Waals surface area contributed by atoms with E-state index in [1.54, 1.807) is 6.07 Å². The molecule has 0 fully saturated rings. The predicted molar refractivity (Wildman–Crippen MR) is 106 cm³/mol. The first-order valence-corrected chi connectivity index (χ1v) is 8.68. The zero-order chi connectivity index (χ0) is 21.9. The summed E-state index contributed by atoms with van der Waals surface area (Å²) in [6.45, 7) is 0. The van der Waals surface area contributed by atoms with Crippen molar-refractivity contribution in [1.29, 1.82) is 0 Å². The molecule has 2 N–H and O–H groups in total. The lowest BCUT2D eigenvalue weighted by molar-refractivity contribution is -0.384. The highest BCUT2D eigenvalue weighted by molar-refractivity contribution is 7.80. The van der Waals surface area contributed by atoms with Crippen LogP contribution in [0.5, 0.6) is 0 Å². The molecule has 0 bridgehead atoms. The summed E-state index contributed by atoms with van der Waals surface area (Å²) in [5.41, 5.74) is -0.560. The Kier molecular flexibility index (Phi) is 5.83. The van der Waals surface area contributed by atoms with Gasteiger partial charge in [-0.05, 0) is 42.5 Å². The second-order valence-corrected chi connectivity index (χ2v) is 6.37. The summed E-state index contributed by atoms with van der Waals surface area (Å²) in [6.07, 6.45) is -4.51. The molecule has 0 unspecified atom stereocenters. The molecule has 0 aliphatic rings. The predicted octanol–water partition coefficient (Wildman–Crippen LogP) is 5.00. The molecule has 11 heteroatoms. The Bertz CT molecular complexity index is 1130. The number of alkyl halides is 3. The molecule has 0 saturated carbocycles. The minimum Gasteiger partial charge on any atom is -0.451 e. The van der Waals surface area contributed by atoms with E-state index in [2.05, 4.69) is 10.6 Å². The van der Waals surface area contributed by atoms with E-state index in [9.17, 15) is 28.1 Å². The van der Waals surface area contributed by atoms with Crippen LogP contribution in [0.3, 0.4) is 0 Å². The molecule has 0 atom stereocenters. The van der Waals surface area contributed by atoms with E-state index in [0.29, 0.717) is 5.56 Å². The van der Waals surface area contributed by atoms with Crippen molar-refractivity contribution in [2.45, 2.75) is 6.18 Å². The van der Waals surface area contributed by atoms with Crippen molar-refractivity contribution >= 4 is 34.6 Å². The Morgan fingerprint density at radius 1 is 1.07 bits per heavy atom. The van der Waals surface area contributed by atoms with E-state index >= 15 is 0 Å². The second-order valence-electron chi connectivity index (χ2n) is 5.96. The van der Waals surface area contributed by atoms with Crippen molar-refractivity contribution < 1.29 is 27.3 Å². The smallest absolute Gasteiger partial charge is 0.416 e. The van der Waals surface area contributed by atoms with E-state index in [0.717, 1.165) is 12.1 Å². The molecule has 1 heterocycles. The molecule has 1 amide bonds. The van der Waals surface area contributed by atoms with Gasteiger partial charge in [0.1, 0.15) is 5.76 Å². The van der Waals surface area contributed by atoms with Gasteiger partial charge in [-0.15, -0.1) is 0 Å². The third-order valence-electron chi connectivity index (χ3n) is 3.85. The van der Waals surface area contributed by atoms with Crippen LogP contribution in [0.4, 0.5) is 24.5 Å². The molecular formula is C19H12F3N3O4S. The average Bonchev–Trinajstić information content (AvgIpc) is 3.18. The van der Waals surface area contributed by atoms with E-state index in [1.165, 1.54) is 42.5 Å². The monoisotopic (exact) mass is 435 g/mol. The molecule has 0 radical (unpaired) electrons. The summed E-state index contributed by atoms with van der Waals surface area (Å²) in [4.78, 5) is 22.6. The molecule has 154 valence electrons. The molecule has 30 heavy (non-hydrogen) atoms. The molecule has 7 nitrogen and oxygen atoms in total. The maximum Gasteiger partial charge on any atom is 0.416 e. The van der Waals surface area contributed by atoms with Gasteiger partial charge in [0.2, 0.25) is 0 Å².